The SMILES string of the molecule is O=C(O)N1CCC2c3ccc(Sc4ccccc4)cc3OCC21. The number of ether oxygens (including phenoxy) is 1. The van der Waals surface area contributed by atoms with E-state index in [1.165, 1.54) is 9.80 Å². The summed E-state index contributed by atoms with van der Waals surface area (Å²) >= 11 is 1.71. The van der Waals surface area contributed by atoms with Gasteiger partial charge in [-0.3, -0.25) is 0 Å². The first-order valence-electron chi connectivity index (χ1n) is 7.71. The van der Waals surface area contributed by atoms with Gasteiger partial charge in [0.15, 0.2) is 0 Å². The van der Waals surface area contributed by atoms with Gasteiger partial charge in [0, 0.05) is 22.3 Å². The molecule has 4 nitrogen and oxygen atoms in total. The molecule has 1 saturated heterocycles. The summed E-state index contributed by atoms with van der Waals surface area (Å²) in [6.07, 6.45) is 0.0270. The molecule has 2 aromatic rings. The van der Waals surface area contributed by atoms with E-state index in [2.05, 4.69) is 30.3 Å². The molecule has 2 atom stereocenters. The quantitative estimate of drug-likeness (QED) is 0.903. The molecule has 2 unspecified atom stereocenters. The van der Waals surface area contributed by atoms with Crippen LogP contribution in [0.15, 0.2) is 58.3 Å². The van der Waals surface area contributed by atoms with Crippen LogP contribution in [0.1, 0.15) is 17.9 Å². The fourth-order valence-electron chi connectivity index (χ4n) is 3.47. The number of hydrogen-bond acceptors (Lipinski definition) is 3. The molecule has 0 bridgehead atoms. The Kier molecular flexibility index (Phi) is 3.65. The van der Waals surface area contributed by atoms with E-state index in [9.17, 15) is 9.90 Å². The summed E-state index contributed by atoms with van der Waals surface area (Å²) in [5, 5.41) is 9.28. The molecule has 0 saturated carbocycles. The van der Waals surface area contributed by atoms with Crippen molar-refractivity contribution < 1.29 is 14.6 Å². The lowest BCUT2D eigenvalue weighted by atomic mass is 9.89. The van der Waals surface area contributed by atoms with Crippen LogP contribution < -0.4 is 4.74 Å². The average molecular weight is 327 g/mol. The van der Waals surface area contributed by atoms with Crippen LogP contribution in [0, 0.1) is 0 Å². The zero-order valence-electron chi connectivity index (χ0n) is 12.5. The Hall–Kier alpha value is -2.14. The number of likely N-dealkylation sites (tertiary alicyclic amines) is 1. The van der Waals surface area contributed by atoms with Crippen molar-refractivity contribution in [2.45, 2.75) is 28.2 Å². The standard InChI is InChI=1S/C18H17NO3S/c20-18(21)19-9-8-14-15-7-6-13(10-17(15)22-11-16(14)19)23-12-4-2-1-3-5-12/h1-7,10,14,16H,8-9,11H2,(H,20,21). The molecule has 4 rings (SSSR count). The second-order valence-corrected chi connectivity index (χ2v) is 7.01. The van der Waals surface area contributed by atoms with Crippen LogP contribution in [0.4, 0.5) is 4.79 Å². The maximum absolute atomic E-state index is 11.3. The first kappa shape index (κ1) is 14.5. The van der Waals surface area contributed by atoms with E-state index in [0.717, 1.165) is 22.6 Å². The van der Waals surface area contributed by atoms with Gasteiger partial charge < -0.3 is 14.7 Å². The number of fused-ring (bicyclic) bond motifs is 3. The van der Waals surface area contributed by atoms with Crippen molar-refractivity contribution in [3.05, 3.63) is 54.1 Å². The summed E-state index contributed by atoms with van der Waals surface area (Å²) in [6.45, 7) is 1.04. The van der Waals surface area contributed by atoms with Gasteiger partial charge in [0.1, 0.15) is 12.4 Å². The van der Waals surface area contributed by atoms with Crippen LogP contribution in [0.25, 0.3) is 0 Å². The summed E-state index contributed by atoms with van der Waals surface area (Å²) in [6, 6.07) is 16.5. The smallest absolute Gasteiger partial charge is 0.407 e. The second-order valence-electron chi connectivity index (χ2n) is 5.86. The van der Waals surface area contributed by atoms with E-state index in [1.807, 2.05) is 18.2 Å². The van der Waals surface area contributed by atoms with Crippen molar-refractivity contribution in [2.24, 2.45) is 0 Å². The fourth-order valence-corrected chi connectivity index (χ4v) is 4.34. The highest BCUT2D eigenvalue weighted by Gasteiger charge is 2.42. The molecule has 1 amide bonds. The Labute approximate surface area is 139 Å². The minimum Gasteiger partial charge on any atom is -0.491 e. The van der Waals surface area contributed by atoms with Crippen LogP contribution in [-0.2, 0) is 0 Å². The molecule has 0 spiro atoms. The van der Waals surface area contributed by atoms with E-state index in [-0.39, 0.29) is 12.0 Å². The van der Waals surface area contributed by atoms with Crippen molar-refractivity contribution in [3.8, 4) is 5.75 Å². The maximum Gasteiger partial charge on any atom is 0.407 e. The molecule has 2 aliphatic rings. The van der Waals surface area contributed by atoms with Gasteiger partial charge in [0.25, 0.3) is 0 Å². The number of amides is 1. The number of rotatable bonds is 2. The zero-order valence-corrected chi connectivity index (χ0v) is 13.3. The number of hydrogen-bond donors (Lipinski definition) is 1. The van der Waals surface area contributed by atoms with E-state index in [0.29, 0.717) is 13.2 Å². The highest BCUT2D eigenvalue weighted by molar-refractivity contribution is 7.99. The van der Waals surface area contributed by atoms with Crippen LogP contribution in [0.5, 0.6) is 5.75 Å². The van der Waals surface area contributed by atoms with Gasteiger partial charge in [-0.15, -0.1) is 0 Å². The molecule has 0 radical (unpaired) electrons. The number of carbonyl (C=O) groups is 1. The zero-order chi connectivity index (χ0) is 15.8. The van der Waals surface area contributed by atoms with Crippen LogP contribution in [0.3, 0.4) is 0 Å². The van der Waals surface area contributed by atoms with Gasteiger partial charge in [-0.25, -0.2) is 4.79 Å². The Morgan fingerprint density at radius 2 is 2.00 bits per heavy atom. The van der Waals surface area contributed by atoms with Gasteiger partial charge in [0.05, 0.1) is 6.04 Å². The lowest BCUT2D eigenvalue weighted by molar-refractivity contribution is 0.113. The summed E-state index contributed by atoms with van der Waals surface area (Å²) in [5.41, 5.74) is 1.14. The first-order valence-corrected chi connectivity index (χ1v) is 8.53. The van der Waals surface area contributed by atoms with E-state index in [4.69, 9.17) is 4.74 Å². The van der Waals surface area contributed by atoms with E-state index >= 15 is 0 Å². The Morgan fingerprint density at radius 1 is 1.17 bits per heavy atom. The number of benzene rings is 2. The molecule has 0 aliphatic carbocycles. The monoisotopic (exact) mass is 327 g/mol. The Bertz CT molecular complexity index is 734. The average Bonchev–Trinajstić information content (AvgIpc) is 3.00. The first-order chi connectivity index (χ1) is 11.2. The van der Waals surface area contributed by atoms with Gasteiger partial charge in [0.2, 0.25) is 0 Å². The topological polar surface area (TPSA) is 49.8 Å². The normalized spacial score (nSPS) is 22.2. The lowest BCUT2D eigenvalue weighted by Gasteiger charge is -2.32. The minimum atomic E-state index is -0.846. The van der Waals surface area contributed by atoms with Gasteiger partial charge in [-0.1, -0.05) is 36.0 Å². The van der Waals surface area contributed by atoms with Crippen molar-refractivity contribution in [1.82, 2.24) is 4.90 Å². The third-order valence-corrected chi connectivity index (χ3v) is 5.56. The molecule has 1 N–H and O–H groups in total. The van der Waals surface area contributed by atoms with Crippen LogP contribution in [0.2, 0.25) is 0 Å². The minimum absolute atomic E-state index is 0.0485. The van der Waals surface area contributed by atoms with E-state index < -0.39 is 6.09 Å². The lowest BCUT2D eigenvalue weighted by Crippen LogP contribution is -2.42. The fraction of sp³-hybridized carbons (Fsp3) is 0.278. The summed E-state index contributed by atoms with van der Waals surface area (Å²) in [7, 11) is 0. The van der Waals surface area contributed by atoms with Crippen molar-refractivity contribution in [3.63, 3.8) is 0 Å². The molecule has 2 aliphatic heterocycles. The molecular formula is C18H17NO3S. The molecule has 1 fully saturated rings. The summed E-state index contributed by atoms with van der Waals surface area (Å²) in [4.78, 5) is 15.1. The van der Waals surface area contributed by atoms with Crippen molar-refractivity contribution in [1.29, 1.82) is 0 Å². The summed E-state index contributed by atoms with van der Waals surface area (Å²) in [5.74, 6) is 1.16. The van der Waals surface area contributed by atoms with Gasteiger partial charge in [-0.2, -0.15) is 0 Å². The molecule has 118 valence electrons. The third-order valence-electron chi connectivity index (χ3n) is 4.56. The van der Waals surface area contributed by atoms with Crippen molar-refractivity contribution in [2.75, 3.05) is 13.2 Å². The molecule has 5 heteroatoms. The predicted molar refractivity (Wildman–Crippen MR) is 88.4 cm³/mol. The summed E-state index contributed by atoms with van der Waals surface area (Å²) < 4.78 is 5.88. The molecule has 23 heavy (non-hydrogen) atoms. The second kappa shape index (κ2) is 5.81. The largest absolute Gasteiger partial charge is 0.491 e. The Balaban J connectivity index is 1.59. The van der Waals surface area contributed by atoms with Gasteiger partial charge >= 0.3 is 6.09 Å². The molecule has 0 aromatic heterocycles. The van der Waals surface area contributed by atoms with Crippen molar-refractivity contribution >= 4 is 17.9 Å². The molecule has 2 aromatic carbocycles. The third kappa shape index (κ3) is 2.65. The van der Waals surface area contributed by atoms with Crippen LogP contribution in [-0.4, -0.2) is 35.3 Å². The Morgan fingerprint density at radius 3 is 2.78 bits per heavy atom. The highest BCUT2D eigenvalue weighted by atomic mass is 32.2. The van der Waals surface area contributed by atoms with Gasteiger partial charge in [-0.05, 0) is 36.2 Å². The molecule has 2 heterocycles. The predicted octanol–water partition coefficient (Wildman–Crippen LogP) is 4.07. The highest BCUT2D eigenvalue weighted by Crippen LogP contribution is 2.43. The maximum atomic E-state index is 11.3. The number of nitrogens with zero attached hydrogens (tertiary/aromatic N) is 1. The number of carboxylic acid groups (broad SMARTS) is 1. The van der Waals surface area contributed by atoms with Crippen LogP contribution >= 0.6 is 11.8 Å². The molecular weight excluding hydrogens is 310 g/mol. The van der Waals surface area contributed by atoms with E-state index in [1.54, 1.807) is 11.8 Å².